The lowest BCUT2D eigenvalue weighted by molar-refractivity contribution is -0.127. The van der Waals surface area contributed by atoms with Crippen molar-refractivity contribution in [3.8, 4) is 0 Å². The van der Waals surface area contributed by atoms with E-state index in [1.54, 1.807) is 26.0 Å². The minimum atomic E-state index is 0.127. The highest BCUT2D eigenvalue weighted by molar-refractivity contribution is 5.72. The van der Waals surface area contributed by atoms with Crippen LogP contribution in [0.5, 0.6) is 0 Å². The number of amides is 1. The minimum absolute atomic E-state index is 0.127. The third-order valence-corrected chi connectivity index (χ3v) is 3.91. The van der Waals surface area contributed by atoms with Crippen LogP contribution in [0, 0.1) is 11.8 Å². The Balaban J connectivity index is -0.0000000323. The van der Waals surface area contributed by atoms with Crippen LogP contribution in [0.15, 0.2) is 0 Å². The summed E-state index contributed by atoms with van der Waals surface area (Å²) >= 11 is 0. The molecular formula is C35H91N3O2. The fraction of sp³-hybridized carbons (Fsp3) is 0.971. The lowest BCUT2D eigenvalue weighted by Gasteiger charge is -2.09. The van der Waals surface area contributed by atoms with Gasteiger partial charge in [0.2, 0.25) is 5.91 Å². The Morgan fingerprint density at radius 1 is 0.675 bits per heavy atom. The second-order valence-corrected chi connectivity index (χ2v) is 9.46. The first kappa shape index (κ1) is 67.2. The van der Waals surface area contributed by atoms with Gasteiger partial charge in [-0.1, -0.05) is 117 Å². The molecule has 2 unspecified atom stereocenters. The Labute approximate surface area is 261 Å². The lowest BCUT2D eigenvalue weighted by Crippen LogP contribution is -2.22. The fourth-order valence-electron chi connectivity index (χ4n) is 0.593. The van der Waals surface area contributed by atoms with Crippen LogP contribution in [0.25, 0.3) is 0 Å². The van der Waals surface area contributed by atoms with Gasteiger partial charge in [0.25, 0.3) is 0 Å². The molecule has 1 amide bonds. The van der Waals surface area contributed by atoms with E-state index in [1.807, 2.05) is 95.4 Å². The van der Waals surface area contributed by atoms with Gasteiger partial charge < -0.3 is 19.9 Å². The number of nitrogens with one attached hydrogen (secondary N) is 1. The van der Waals surface area contributed by atoms with Gasteiger partial charge in [0.1, 0.15) is 0 Å². The molecule has 258 valence electrons. The van der Waals surface area contributed by atoms with Crippen LogP contribution in [-0.2, 0) is 9.53 Å². The minimum Gasteiger partial charge on any atom is -0.382 e. The molecule has 5 heteroatoms. The molecule has 40 heavy (non-hydrogen) atoms. The zero-order valence-corrected chi connectivity index (χ0v) is 33.8. The van der Waals surface area contributed by atoms with Crippen molar-refractivity contribution in [3.05, 3.63) is 0 Å². The first-order chi connectivity index (χ1) is 18.5. The molecule has 0 bridgehead atoms. The summed E-state index contributed by atoms with van der Waals surface area (Å²) in [7, 11) is 11.5. The van der Waals surface area contributed by atoms with E-state index in [1.165, 1.54) is 12.8 Å². The molecule has 0 aromatic heterocycles. The molecule has 0 aliphatic heterocycles. The smallest absolute Gasteiger partial charge is 0.219 e. The average molecular weight is 586 g/mol. The van der Waals surface area contributed by atoms with Gasteiger partial charge in [-0.25, -0.2) is 0 Å². The maximum absolute atomic E-state index is 10.3. The number of carbonyl (C=O) groups excluding carboxylic acids is 1. The summed E-state index contributed by atoms with van der Waals surface area (Å²) in [6.45, 7) is 41.9. The number of nitrogens with zero attached hydrogens (tertiary/aromatic N) is 2. The lowest BCUT2D eigenvalue weighted by atomic mass is 10.2. The van der Waals surface area contributed by atoms with E-state index < -0.39 is 0 Å². The van der Waals surface area contributed by atoms with Gasteiger partial charge in [-0.2, -0.15) is 0 Å². The van der Waals surface area contributed by atoms with E-state index in [0.717, 1.165) is 24.8 Å². The highest BCUT2D eigenvalue weighted by Gasteiger charge is 1.93. The van der Waals surface area contributed by atoms with E-state index in [2.05, 4.69) is 74.6 Å². The van der Waals surface area contributed by atoms with Gasteiger partial charge in [-0.05, 0) is 73.6 Å². The second kappa shape index (κ2) is 77.1. The summed E-state index contributed by atoms with van der Waals surface area (Å²) in [6, 6.07) is 0.685. The molecular weight excluding hydrogens is 494 g/mol. The highest BCUT2D eigenvalue weighted by atomic mass is 16.5. The quantitative estimate of drug-likeness (QED) is 0.337. The number of ether oxygens (including phenoxy) is 1. The summed E-state index contributed by atoms with van der Waals surface area (Å²) in [4.78, 5) is 14.0. The van der Waals surface area contributed by atoms with E-state index >= 15 is 0 Å². The van der Waals surface area contributed by atoms with Crippen molar-refractivity contribution in [2.24, 2.45) is 11.8 Å². The van der Waals surface area contributed by atoms with Crippen LogP contribution in [0.3, 0.4) is 0 Å². The number of rotatable bonds is 6. The molecule has 0 spiro atoms. The van der Waals surface area contributed by atoms with E-state index in [4.69, 9.17) is 4.74 Å². The normalized spacial score (nSPS) is 9.43. The summed E-state index contributed by atoms with van der Waals surface area (Å²) in [5, 5.41) is 3.11. The Hall–Kier alpha value is -0.650. The molecule has 0 saturated carbocycles. The van der Waals surface area contributed by atoms with Crippen LogP contribution in [0.1, 0.15) is 158 Å². The van der Waals surface area contributed by atoms with Crippen molar-refractivity contribution >= 4 is 5.91 Å². The molecule has 0 aliphatic rings. The summed E-state index contributed by atoms with van der Waals surface area (Å²) < 4.78 is 4.90. The van der Waals surface area contributed by atoms with Crippen LogP contribution in [-0.4, -0.2) is 76.7 Å². The van der Waals surface area contributed by atoms with Crippen molar-refractivity contribution < 1.29 is 9.53 Å². The number of carbonyl (C=O) groups is 1. The van der Waals surface area contributed by atoms with Crippen molar-refractivity contribution in [2.75, 3.05) is 48.9 Å². The zero-order chi connectivity index (χ0) is 35.3. The third-order valence-electron chi connectivity index (χ3n) is 3.91. The van der Waals surface area contributed by atoms with Crippen molar-refractivity contribution in [1.29, 1.82) is 0 Å². The monoisotopic (exact) mass is 586 g/mol. The van der Waals surface area contributed by atoms with Crippen LogP contribution in [0.2, 0.25) is 0 Å². The SMILES string of the molecule is CC.CC.CC.CC.CC(C)C.CCC(C)C.CCC(C)NC.CCC(C)OC.CCN(C)C(C)=O.CN(C)C. The first-order valence-electron chi connectivity index (χ1n) is 16.6. The summed E-state index contributed by atoms with van der Waals surface area (Å²) in [5.41, 5.74) is 0. The van der Waals surface area contributed by atoms with E-state index in [-0.39, 0.29) is 5.91 Å². The molecule has 5 nitrogen and oxygen atoms in total. The number of methoxy groups -OCH3 is 1. The van der Waals surface area contributed by atoms with E-state index in [0.29, 0.717) is 12.1 Å². The van der Waals surface area contributed by atoms with Gasteiger partial charge in [0.05, 0.1) is 6.10 Å². The molecule has 2 atom stereocenters. The van der Waals surface area contributed by atoms with Crippen molar-refractivity contribution in [2.45, 2.75) is 170 Å². The molecule has 0 rings (SSSR count). The Kier molecular flexibility index (Phi) is 129. The van der Waals surface area contributed by atoms with Crippen LogP contribution in [0.4, 0.5) is 0 Å². The third kappa shape index (κ3) is 209. The molecule has 0 heterocycles. The Bertz CT molecular complexity index is 282. The van der Waals surface area contributed by atoms with E-state index in [9.17, 15) is 4.79 Å². The molecule has 0 saturated heterocycles. The van der Waals surface area contributed by atoms with Crippen LogP contribution >= 0.6 is 0 Å². The molecule has 0 aromatic carbocycles. The first-order valence-corrected chi connectivity index (χ1v) is 16.6. The fourth-order valence-corrected chi connectivity index (χ4v) is 0.593. The number of hydrogen-bond acceptors (Lipinski definition) is 4. The van der Waals surface area contributed by atoms with Gasteiger partial charge in [-0.15, -0.1) is 0 Å². The topological polar surface area (TPSA) is 44.8 Å². The number of hydrogen-bond donors (Lipinski definition) is 1. The standard InChI is InChI=1S/C5H11NO.C5H13N.C5H12O.C5H12.C4H10.C3H9N.4C2H6/c1-4-6(3)5(2)7;2*1-4-5(2)6-3;1-4-5(2)3;2*1-4(2)3;4*1-2/h4H2,1-3H3;5-6H,4H2,1-3H3;5H,4H2,1-3H3;5H,4H2,1-3H3;4H,1-3H3;1-3H3;4*1-2H3. The van der Waals surface area contributed by atoms with Gasteiger partial charge in [0, 0.05) is 33.7 Å². The molecule has 0 aromatic rings. The largest absolute Gasteiger partial charge is 0.382 e. The second-order valence-electron chi connectivity index (χ2n) is 9.46. The molecule has 0 fully saturated rings. The van der Waals surface area contributed by atoms with Gasteiger partial charge in [0.15, 0.2) is 0 Å². The van der Waals surface area contributed by atoms with Gasteiger partial charge >= 0.3 is 0 Å². The Morgan fingerprint density at radius 2 is 0.925 bits per heavy atom. The van der Waals surface area contributed by atoms with Crippen LogP contribution < -0.4 is 5.32 Å². The zero-order valence-electron chi connectivity index (χ0n) is 33.8. The predicted molar refractivity (Wildman–Crippen MR) is 195 cm³/mol. The predicted octanol–water partition coefficient (Wildman–Crippen LogP) is 10.9. The molecule has 1 N–H and O–H groups in total. The molecule has 0 aliphatic carbocycles. The maximum atomic E-state index is 10.3. The van der Waals surface area contributed by atoms with Gasteiger partial charge in [-0.3, -0.25) is 4.79 Å². The van der Waals surface area contributed by atoms with Crippen molar-refractivity contribution in [1.82, 2.24) is 15.1 Å². The maximum Gasteiger partial charge on any atom is 0.219 e. The Morgan fingerprint density at radius 3 is 0.925 bits per heavy atom. The summed E-state index contributed by atoms with van der Waals surface area (Å²) in [5.74, 6) is 1.84. The average Bonchev–Trinajstić information content (AvgIpc) is 2.96. The summed E-state index contributed by atoms with van der Waals surface area (Å²) in [6.07, 6.45) is 4.07. The molecule has 0 radical (unpaired) electrons. The van der Waals surface area contributed by atoms with Crippen molar-refractivity contribution in [3.63, 3.8) is 0 Å². The highest BCUT2D eigenvalue weighted by Crippen LogP contribution is 1.94.